The number of carboxylic acids is 1. The Morgan fingerprint density at radius 1 is 1.22 bits per heavy atom. The maximum atomic E-state index is 12.5. The average molecular weight is 253 g/mol. The average Bonchev–Trinajstić information content (AvgIpc) is 2.96. The first-order valence-corrected chi connectivity index (χ1v) is 6.96. The fourth-order valence-electron chi connectivity index (χ4n) is 3.41. The SMILES string of the molecule is CCC1(C(=O)O)CCN(C(=O)C2(C)CCCC2)C1. The third kappa shape index (κ3) is 2.02. The molecule has 1 heterocycles. The lowest BCUT2D eigenvalue weighted by Gasteiger charge is -2.30. The van der Waals surface area contributed by atoms with Crippen LogP contribution in [0.4, 0.5) is 0 Å². The minimum absolute atomic E-state index is 0.177. The van der Waals surface area contributed by atoms with Crippen LogP contribution < -0.4 is 0 Å². The topological polar surface area (TPSA) is 57.6 Å². The molecule has 1 saturated heterocycles. The number of likely N-dealkylation sites (tertiary alicyclic amines) is 1. The molecule has 2 aliphatic rings. The molecule has 0 spiro atoms. The second kappa shape index (κ2) is 4.56. The normalized spacial score (nSPS) is 30.7. The number of nitrogens with zero attached hydrogens (tertiary/aromatic N) is 1. The summed E-state index contributed by atoms with van der Waals surface area (Å²) in [6.07, 6.45) is 5.34. The molecule has 1 amide bonds. The maximum absolute atomic E-state index is 12.5. The largest absolute Gasteiger partial charge is 0.481 e. The van der Waals surface area contributed by atoms with Crippen molar-refractivity contribution in [1.29, 1.82) is 0 Å². The van der Waals surface area contributed by atoms with Gasteiger partial charge in [0.15, 0.2) is 0 Å². The van der Waals surface area contributed by atoms with Crippen molar-refractivity contribution in [2.45, 2.75) is 52.4 Å². The molecule has 0 bridgehead atoms. The third-order valence-corrected chi connectivity index (χ3v) is 4.99. The summed E-state index contributed by atoms with van der Waals surface area (Å²) in [5.74, 6) is -0.576. The van der Waals surface area contributed by atoms with Crippen molar-refractivity contribution in [3.63, 3.8) is 0 Å². The second-order valence-electron chi connectivity index (χ2n) is 6.18. The van der Waals surface area contributed by atoms with Crippen LogP contribution in [0.2, 0.25) is 0 Å². The predicted molar refractivity (Wildman–Crippen MR) is 68.1 cm³/mol. The zero-order valence-electron chi connectivity index (χ0n) is 11.4. The van der Waals surface area contributed by atoms with E-state index in [4.69, 9.17) is 0 Å². The van der Waals surface area contributed by atoms with Crippen LogP contribution in [-0.4, -0.2) is 35.0 Å². The standard InChI is InChI=1S/C14H23NO3/c1-3-14(12(17)18)8-9-15(10-14)11(16)13(2)6-4-5-7-13/h3-10H2,1-2H3,(H,17,18). The Bertz CT molecular complexity index is 360. The van der Waals surface area contributed by atoms with E-state index in [1.807, 2.05) is 13.8 Å². The van der Waals surface area contributed by atoms with Gasteiger partial charge >= 0.3 is 5.97 Å². The highest BCUT2D eigenvalue weighted by atomic mass is 16.4. The number of hydrogen-bond acceptors (Lipinski definition) is 2. The molecule has 1 aliphatic heterocycles. The maximum Gasteiger partial charge on any atom is 0.311 e. The summed E-state index contributed by atoms with van der Waals surface area (Å²) in [5, 5.41) is 9.35. The van der Waals surface area contributed by atoms with Gasteiger partial charge in [-0.2, -0.15) is 0 Å². The van der Waals surface area contributed by atoms with E-state index in [2.05, 4.69) is 0 Å². The van der Waals surface area contributed by atoms with Gasteiger partial charge in [0.25, 0.3) is 0 Å². The Labute approximate surface area is 108 Å². The molecular weight excluding hydrogens is 230 g/mol. The molecular formula is C14H23NO3. The van der Waals surface area contributed by atoms with Gasteiger partial charge in [-0.15, -0.1) is 0 Å². The number of carboxylic acid groups (broad SMARTS) is 1. The number of rotatable bonds is 3. The van der Waals surface area contributed by atoms with Crippen molar-refractivity contribution in [3.05, 3.63) is 0 Å². The van der Waals surface area contributed by atoms with Crippen molar-refractivity contribution in [3.8, 4) is 0 Å². The van der Waals surface area contributed by atoms with Crippen LogP contribution in [0.3, 0.4) is 0 Å². The smallest absolute Gasteiger partial charge is 0.311 e. The molecule has 0 aromatic heterocycles. The summed E-state index contributed by atoms with van der Waals surface area (Å²) < 4.78 is 0. The first kappa shape index (κ1) is 13.4. The molecule has 0 radical (unpaired) electrons. The van der Waals surface area contributed by atoms with Crippen LogP contribution in [0.15, 0.2) is 0 Å². The molecule has 1 atom stereocenters. The molecule has 1 N–H and O–H groups in total. The number of carbonyl (C=O) groups excluding carboxylic acids is 1. The number of amides is 1. The van der Waals surface area contributed by atoms with E-state index in [0.29, 0.717) is 25.9 Å². The molecule has 1 saturated carbocycles. The number of aliphatic carboxylic acids is 1. The summed E-state index contributed by atoms with van der Waals surface area (Å²) >= 11 is 0. The second-order valence-corrected chi connectivity index (χ2v) is 6.18. The summed E-state index contributed by atoms with van der Waals surface area (Å²) in [6, 6.07) is 0. The Kier molecular flexibility index (Phi) is 3.39. The zero-order chi connectivity index (χ0) is 13.4. The lowest BCUT2D eigenvalue weighted by atomic mass is 9.84. The Hall–Kier alpha value is -1.06. The quantitative estimate of drug-likeness (QED) is 0.839. The molecule has 4 heteroatoms. The van der Waals surface area contributed by atoms with Crippen molar-refractivity contribution in [2.75, 3.05) is 13.1 Å². The van der Waals surface area contributed by atoms with E-state index >= 15 is 0 Å². The zero-order valence-corrected chi connectivity index (χ0v) is 11.4. The van der Waals surface area contributed by atoms with E-state index in [1.165, 1.54) is 0 Å². The first-order valence-electron chi connectivity index (χ1n) is 6.96. The lowest BCUT2D eigenvalue weighted by Crippen LogP contribution is -2.42. The van der Waals surface area contributed by atoms with E-state index < -0.39 is 11.4 Å². The van der Waals surface area contributed by atoms with Gasteiger partial charge in [-0.05, 0) is 25.7 Å². The molecule has 0 aromatic carbocycles. The highest BCUT2D eigenvalue weighted by Crippen LogP contribution is 2.42. The van der Waals surface area contributed by atoms with Crippen molar-refractivity contribution in [2.24, 2.45) is 10.8 Å². The molecule has 1 aliphatic carbocycles. The molecule has 1 unspecified atom stereocenters. The minimum atomic E-state index is -0.753. The van der Waals surface area contributed by atoms with Gasteiger partial charge < -0.3 is 10.0 Å². The van der Waals surface area contributed by atoms with Crippen LogP contribution in [0.1, 0.15) is 52.4 Å². The fourth-order valence-corrected chi connectivity index (χ4v) is 3.41. The van der Waals surface area contributed by atoms with Gasteiger partial charge in [0, 0.05) is 18.5 Å². The van der Waals surface area contributed by atoms with Crippen LogP contribution in [0, 0.1) is 10.8 Å². The van der Waals surface area contributed by atoms with Gasteiger partial charge in [0.1, 0.15) is 0 Å². The van der Waals surface area contributed by atoms with Crippen molar-refractivity contribution in [1.82, 2.24) is 4.90 Å². The Balaban J connectivity index is 2.09. The monoisotopic (exact) mass is 253 g/mol. The van der Waals surface area contributed by atoms with Gasteiger partial charge in [-0.25, -0.2) is 0 Å². The van der Waals surface area contributed by atoms with Crippen LogP contribution >= 0.6 is 0 Å². The number of carbonyl (C=O) groups is 2. The molecule has 2 rings (SSSR count). The fraction of sp³-hybridized carbons (Fsp3) is 0.857. The van der Waals surface area contributed by atoms with Gasteiger partial charge in [-0.3, -0.25) is 9.59 Å². The van der Waals surface area contributed by atoms with E-state index in [9.17, 15) is 14.7 Å². The van der Waals surface area contributed by atoms with Crippen LogP contribution in [0.5, 0.6) is 0 Å². The summed E-state index contributed by atoms with van der Waals surface area (Å²) in [4.78, 5) is 25.7. The molecule has 0 aromatic rings. The van der Waals surface area contributed by atoms with Gasteiger partial charge in [0.05, 0.1) is 5.41 Å². The molecule has 2 fully saturated rings. The number of hydrogen-bond donors (Lipinski definition) is 1. The van der Waals surface area contributed by atoms with Crippen LogP contribution in [-0.2, 0) is 9.59 Å². The Morgan fingerprint density at radius 2 is 1.83 bits per heavy atom. The first-order chi connectivity index (χ1) is 8.43. The van der Waals surface area contributed by atoms with Crippen molar-refractivity contribution < 1.29 is 14.7 Å². The van der Waals surface area contributed by atoms with Gasteiger partial charge in [0.2, 0.25) is 5.91 Å². The van der Waals surface area contributed by atoms with Crippen LogP contribution in [0.25, 0.3) is 0 Å². The van der Waals surface area contributed by atoms with E-state index in [0.717, 1.165) is 25.7 Å². The molecule has 102 valence electrons. The lowest BCUT2D eigenvalue weighted by molar-refractivity contribution is -0.149. The molecule has 4 nitrogen and oxygen atoms in total. The summed E-state index contributed by atoms with van der Waals surface area (Å²) in [5.41, 5.74) is -0.938. The van der Waals surface area contributed by atoms with E-state index in [1.54, 1.807) is 4.90 Å². The summed E-state index contributed by atoms with van der Waals surface area (Å²) in [7, 11) is 0. The van der Waals surface area contributed by atoms with E-state index in [-0.39, 0.29) is 11.3 Å². The van der Waals surface area contributed by atoms with Gasteiger partial charge in [-0.1, -0.05) is 26.7 Å². The van der Waals surface area contributed by atoms with Crippen molar-refractivity contribution >= 4 is 11.9 Å². The predicted octanol–water partition coefficient (Wildman–Crippen LogP) is 2.28. The highest BCUT2D eigenvalue weighted by Gasteiger charge is 2.48. The third-order valence-electron chi connectivity index (χ3n) is 4.99. The molecule has 18 heavy (non-hydrogen) atoms. The Morgan fingerprint density at radius 3 is 2.28 bits per heavy atom. The minimum Gasteiger partial charge on any atom is -0.481 e. The summed E-state index contributed by atoms with van der Waals surface area (Å²) in [6.45, 7) is 4.94. The highest BCUT2D eigenvalue weighted by molar-refractivity contribution is 5.84.